The monoisotopic (exact) mass is 248 g/mol. The van der Waals surface area contributed by atoms with Crippen molar-refractivity contribution in [3.8, 4) is 5.75 Å². The second-order valence-electron chi connectivity index (χ2n) is 3.36. The number of benzene rings is 1. The maximum absolute atomic E-state index is 11.5. The second-order valence-corrected chi connectivity index (χ2v) is 4.34. The largest absolute Gasteiger partial charge is 0.468 e. The van der Waals surface area contributed by atoms with Gasteiger partial charge < -0.3 is 9.15 Å². The fourth-order valence-electron chi connectivity index (χ4n) is 1.28. The van der Waals surface area contributed by atoms with Crippen LogP contribution < -0.4 is 4.74 Å². The Hall–Kier alpha value is -1.68. The van der Waals surface area contributed by atoms with Crippen molar-refractivity contribution in [1.29, 1.82) is 0 Å². The molecule has 0 N–H and O–H groups in total. The Morgan fingerprint density at radius 1 is 1.18 bits per heavy atom. The van der Waals surface area contributed by atoms with Gasteiger partial charge >= 0.3 is 5.97 Å². The van der Waals surface area contributed by atoms with Crippen molar-refractivity contribution in [2.75, 3.05) is 5.75 Å². The smallest absolute Gasteiger partial charge is 0.321 e. The lowest BCUT2D eigenvalue weighted by molar-refractivity contribution is -0.131. The van der Waals surface area contributed by atoms with Crippen molar-refractivity contribution in [2.24, 2.45) is 0 Å². The molecule has 0 aliphatic heterocycles. The molecule has 0 saturated carbocycles. The average Bonchev–Trinajstić information content (AvgIpc) is 2.83. The van der Waals surface area contributed by atoms with E-state index in [1.54, 1.807) is 18.4 Å². The van der Waals surface area contributed by atoms with Crippen molar-refractivity contribution in [3.63, 3.8) is 0 Å². The Labute approximate surface area is 104 Å². The zero-order chi connectivity index (χ0) is 11.9. The predicted octanol–water partition coefficient (Wildman–Crippen LogP) is 3.12. The molecule has 88 valence electrons. The summed E-state index contributed by atoms with van der Waals surface area (Å²) in [7, 11) is 0. The molecule has 0 radical (unpaired) electrons. The number of ether oxygens (including phenoxy) is 1. The Kier molecular flexibility index (Phi) is 4.27. The van der Waals surface area contributed by atoms with E-state index in [1.807, 2.05) is 30.3 Å². The molecular weight excluding hydrogens is 236 g/mol. The van der Waals surface area contributed by atoms with Crippen molar-refractivity contribution in [3.05, 3.63) is 54.5 Å². The lowest BCUT2D eigenvalue weighted by atomic mass is 10.3. The molecule has 2 aromatic rings. The first kappa shape index (κ1) is 11.8. The highest BCUT2D eigenvalue weighted by Gasteiger charge is 2.05. The van der Waals surface area contributed by atoms with E-state index in [0.717, 1.165) is 5.76 Å². The van der Waals surface area contributed by atoms with Crippen LogP contribution in [0.3, 0.4) is 0 Å². The van der Waals surface area contributed by atoms with Gasteiger partial charge in [-0.3, -0.25) is 4.79 Å². The summed E-state index contributed by atoms with van der Waals surface area (Å²) in [5.41, 5.74) is 0. The third-order valence-electron chi connectivity index (χ3n) is 2.02. The quantitative estimate of drug-likeness (QED) is 0.602. The van der Waals surface area contributed by atoms with Gasteiger partial charge in [-0.25, -0.2) is 0 Å². The van der Waals surface area contributed by atoms with Crippen LogP contribution in [-0.2, 0) is 10.5 Å². The van der Waals surface area contributed by atoms with Gasteiger partial charge in [0.25, 0.3) is 0 Å². The first-order valence-corrected chi connectivity index (χ1v) is 6.36. The molecule has 0 fully saturated rings. The van der Waals surface area contributed by atoms with Crippen molar-refractivity contribution < 1.29 is 13.9 Å². The zero-order valence-corrected chi connectivity index (χ0v) is 9.98. The minimum Gasteiger partial charge on any atom is -0.468 e. The number of esters is 1. The maximum Gasteiger partial charge on any atom is 0.321 e. The van der Waals surface area contributed by atoms with Gasteiger partial charge in [0.05, 0.1) is 17.8 Å². The second kappa shape index (κ2) is 6.15. The zero-order valence-electron chi connectivity index (χ0n) is 9.17. The topological polar surface area (TPSA) is 39.4 Å². The number of carbonyl (C=O) groups is 1. The third kappa shape index (κ3) is 4.00. The van der Waals surface area contributed by atoms with Crippen molar-refractivity contribution in [1.82, 2.24) is 0 Å². The van der Waals surface area contributed by atoms with Crippen LogP contribution in [-0.4, -0.2) is 11.7 Å². The van der Waals surface area contributed by atoms with E-state index in [9.17, 15) is 4.79 Å². The van der Waals surface area contributed by atoms with Gasteiger partial charge in [-0.1, -0.05) is 18.2 Å². The molecule has 0 unspecified atom stereocenters. The van der Waals surface area contributed by atoms with Crippen molar-refractivity contribution in [2.45, 2.75) is 5.75 Å². The highest BCUT2D eigenvalue weighted by Crippen LogP contribution is 2.14. The molecule has 1 heterocycles. The van der Waals surface area contributed by atoms with Crippen LogP contribution in [0.5, 0.6) is 5.75 Å². The van der Waals surface area contributed by atoms with Gasteiger partial charge in [0.1, 0.15) is 11.5 Å². The van der Waals surface area contributed by atoms with Gasteiger partial charge in [-0.05, 0) is 24.3 Å². The number of furan rings is 1. The molecule has 2 rings (SSSR count). The Balaban J connectivity index is 1.71. The molecule has 1 aromatic heterocycles. The molecule has 4 heteroatoms. The number of para-hydroxylation sites is 1. The molecule has 0 aliphatic rings. The van der Waals surface area contributed by atoms with Gasteiger partial charge in [0, 0.05) is 0 Å². The molecule has 0 amide bonds. The lowest BCUT2D eigenvalue weighted by Gasteiger charge is -2.02. The SMILES string of the molecule is O=C(CSCc1ccco1)Oc1ccccc1. The highest BCUT2D eigenvalue weighted by molar-refractivity contribution is 7.99. The highest BCUT2D eigenvalue weighted by atomic mass is 32.2. The Bertz CT molecular complexity index is 451. The average molecular weight is 248 g/mol. The summed E-state index contributed by atoms with van der Waals surface area (Å²) < 4.78 is 10.3. The summed E-state index contributed by atoms with van der Waals surface area (Å²) in [4.78, 5) is 11.5. The number of rotatable bonds is 5. The fraction of sp³-hybridized carbons (Fsp3) is 0.154. The molecule has 0 saturated heterocycles. The molecule has 0 atom stereocenters. The van der Waals surface area contributed by atoms with Crippen LogP contribution >= 0.6 is 11.8 Å². The molecule has 0 bridgehead atoms. The summed E-state index contributed by atoms with van der Waals surface area (Å²) in [5.74, 6) is 2.19. The van der Waals surface area contributed by atoms with E-state index in [-0.39, 0.29) is 5.97 Å². The maximum atomic E-state index is 11.5. The van der Waals surface area contributed by atoms with Crippen molar-refractivity contribution >= 4 is 17.7 Å². The minimum atomic E-state index is -0.243. The number of carbonyl (C=O) groups excluding carboxylic acids is 1. The molecule has 3 nitrogen and oxygen atoms in total. The van der Waals surface area contributed by atoms with Gasteiger partial charge in [0.2, 0.25) is 0 Å². The van der Waals surface area contributed by atoms with E-state index in [4.69, 9.17) is 9.15 Å². The van der Waals surface area contributed by atoms with Crippen LogP contribution in [0.15, 0.2) is 53.1 Å². The molecule has 1 aromatic carbocycles. The van der Waals surface area contributed by atoms with Crippen LogP contribution in [0.2, 0.25) is 0 Å². The summed E-state index contributed by atoms with van der Waals surface area (Å²) in [6, 6.07) is 12.8. The number of hydrogen-bond donors (Lipinski definition) is 0. The van der Waals surface area contributed by atoms with Gasteiger partial charge in [-0.2, -0.15) is 0 Å². The Morgan fingerprint density at radius 3 is 2.71 bits per heavy atom. The molecule has 17 heavy (non-hydrogen) atoms. The summed E-state index contributed by atoms with van der Waals surface area (Å²) in [6.07, 6.45) is 1.62. The fourth-order valence-corrected chi connectivity index (χ4v) is 1.97. The van der Waals surface area contributed by atoms with Crippen LogP contribution in [0.25, 0.3) is 0 Å². The van der Waals surface area contributed by atoms with E-state index in [1.165, 1.54) is 11.8 Å². The van der Waals surface area contributed by atoms with Gasteiger partial charge in [0.15, 0.2) is 0 Å². The standard InChI is InChI=1S/C13H12O3S/c14-13(16-11-5-2-1-3-6-11)10-17-9-12-7-4-8-15-12/h1-8H,9-10H2. The van der Waals surface area contributed by atoms with Crippen LogP contribution in [0.4, 0.5) is 0 Å². The first-order valence-electron chi connectivity index (χ1n) is 5.20. The molecular formula is C13H12O3S. The molecule has 0 aliphatic carbocycles. The first-order chi connectivity index (χ1) is 8.34. The van der Waals surface area contributed by atoms with Crippen LogP contribution in [0.1, 0.15) is 5.76 Å². The normalized spacial score (nSPS) is 10.1. The summed E-state index contributed by atoms with van der Waals surface area (Å²) >= 11 is 1.47. The third-order valence-corrected chi connectivity index (χ3v) is 2.95. The van der Waals surface area contributed by atoms with E-state index >= 15 is 0 Å². The van der Waals surface area contributed by atoms with Crippen LogP contribution in [0, 0.1) is 0 Å². The van der Waals surface area contributed by atoms with Gasteiger partial charge in [-0.15, -0.1) is 11.8 Å². The minimum absolute atomic E-state index is 0.243. The number of hydrogen-bond acceptors (Lipinski definition) is 4. The Morgan fingerprint density at radius 2 is 2.00 bits per heavy atom. The number of thioether (sulfide) groups is 1. The summed E-state index contributed by atoms with van der Waals surface area (Å²) in [5, 5.41) is 0. The van der Waals surface area contributed by atoms with E-state index in [2.05, 4.69) is 0 Å². The van der Waals surface area contributed by atoms with E-state index in [0.29, 0.717) is 17.3 Å². The van der Waals surface area contributed by atoms with E-state index < -0.39 is 0 Å². The molecule has 0 spiro atoms. The predicted molar refractivity (Wildman–Crippen MR) is 66.9 cm³/mol. The summed E-state index contributed by atoms with van der Waals surface area (Å²) in [6.45, 7) is 0. The lowest BCUT2D eigenvalue weighted by Crippen LogP contribution is -2.10.